The van der Waals surface area contributed by atoms with Gasteiger partial charge in [-0.2, -0.15) is 0 Å². The van der Waals surface area contributed by atoms with E-state index in [1.807, 2.05) is 0 Å². The number of carboxylic acid groups (broad SMARTS) is 1. The number of ether oxygens (including phenoxy) is 1. The maximum Gasteiger partial charge on any atom is 0.335 e. The van der Waals surface area contributed by atoms with Gasteiger partial charge in [-0.1, -0.05) is 11.8 Å². The van der Waals surface area contributed by atoms with Crippen LogP contribution in [0.25, 0.3) is 0 Å². The Morgan fingerprint density at radius 2 is 1.83 bits per heavy atom. The number of ketones is 1. The molecule has 0 fully saturated rings. The number of H-pyrrole nitrogens is 1. The fourth-order valence-corrected chi connectivity index (χ4v) is 3.94. The van der Waals surface area contributed by atoms with Crippen LogP contribution < -0.4 is 4.74 Å². The maximum absolute atomic E-state index is 12.3. The van der Waals surface area contributed by atoms with Crippen LogP contribution in [0.1, 0.15) is 20.7 Å². The molecule has 3 rings (SSSR count). The van der Waals surface area contributed by atoms with Crippen molar-refractivity contribution in [2.75, 3.05) is 12.0 Å². The molecule has 0 aliphatic carbocycles. The van der Waals surface area contributed by atoms with Crippen LogP contribution in [0, 0.1) is 0 Å². The summed E-state index contributed by atoms with van der Waals surface area (Å²) >= 11 is 1.28. The third kappa shape index (κ3) is 5.24. The third-order valence-corrected chi connectivity index (χ3v) is 5.83. The van der Waals surface area contributed by atoms with Crippen LogP contribution in [-0.4, -0.2) is 47.3 Å². The van der Waals surface area contributed by atoms with Gasteiger partial charge in [-0.3, -0.25) is 4.79 Å². The number of Topliss-reactive ketones (excluding diaryl/α,β-unsaturated/α-hetero) is 1. The van der Waals surface area contributed by atoms with E-state index in [9.17, 15) is 18.0 Å². The Bertz CT molecular complexity index is 1140. The van der Waals surface area contributed by atoms with E-state index in [1.54, 1.807) is 36.7 Å². The van der Waals surface area contributed by atoms with Crippen LogP contribution in [-0.2, 0) is 9.84 Å². The van der Waals surface area contributed by atoms with E-state index in [1.165, 1.54) is 23.9 Å². The van der Waals surface area contributed by atoms with Gasteiger partial charge in [0.2, 0.25) is 0 Å². The first-order valence-corrected chi connectivity index (χ1v) is 11.1. The minimum absolute atomic E-state index is 0.00458. The number of aromatic amines is 1. The predicted molar refractivity (Wildman–Crippen MR) is 107 cm³/mol. The topological polar surface area (TPSA) is 126 Å². The SMILES string of the molecule is CS(=O)(=O)c1cc(C(=O)O)ccc1Oc1ccc(C(=O)CSc2ncc[nH]2)cc1. The van der Waals surface area contributed by atoms with Gasteiger partial charge in [-0.25, -0.2) is 18.2 Å². The molecule has 3 aromatic rings. The van der Waals surface area contributed by atoms with Gasteiger partial charge in [0.25, 0.3) is 0 Å². The summed E-state index contributed by atoms with van der Waals surface area (Å²) in [4.78, 5) is 30.1. The molecule has 0 bridgehead atoms. The molecule has 150 valence electrons. The Morgan fingerprint density at radius 1 is 1.14 bits per heavy atom. The molecular formula is C19H16N2O6S2. The molecule has 8 nitrogen and oxygen atoms in total. The summed E-state index contributed by atoms with van der Waals surface area (Å²) in [6.45, 7) is 0. The van der Waals surface area contributed by atoms with Crippen LogP contribution in [0.4, 0.5) is 0 Å². The number of thioether (sulfide) groups is 1. The van der Waals surface area contributed by atoms with Gasteiger partial charge in [0.05, 0.1) is 11.3 Å². The first-order valence-electron chi connectivity index (χ1n) is 8.25. The molecule has 0 radical (unpaired) electrons. The molecular weight excluding hydrogens is 416 g/mol. The summed E-state index contributed by atoms with van der Waals surface area (Å²) < 4.78 is 29.6. The van der Waals surface area contributed by atoms with Crippen LogP contribution in [0.3, 0.4) is 0 Å². The highest BCUT2D eigenvalue weighted by molar-refractivity contribution is 7.99. The van der Waals surface area contributed by atoms with Gasteiger partial charge in [0.15, 0.2) is 20.8 Å². The minimum Gasteiger partial charge on any atom is -0.478 e. The first-order chi connectivity index (χ1) is 13.7. The summed E-state index contributed by atoms with van der Waals surface area (Å²) in [6, 6.07) is 9.84. The molecule has 0 saturated heterocycles. The fourth-order valence-electron chi connectivity index (χ4n) is 2.40. The van der Waals surface area contributed by atoms with E-state index in [4.69, 9.17) is 9.84 Å². The second kappa shape index (κ2) is 8.50. The summed E-state index contributed by atoms with van der Waals surface area (Å²) in [5.74, 6) is -0.807. The molecule has 1 aromatic heterocycles. The summed E-state index contributed by atoms with van der Waals surface area (Å²) in [6.07, 6.45) is 4.25. The number of carbonyl (C=O) groups is 2. The number of nitrogens with zero attached hydrogens (tertiary/aromatic N) is 1. The van der Waals surface area contributed by atoms with E-state index in [-0.39, 0.29) is 27.7 Å². The number of rotatable bonds is 8. The third-order valence-electron chi connectivity index (χ3n) is 3.81. The van der Waals surface area contributed by atoms with Crippen molar-refractivity contribution in [1.29, 1.82) is 0 Å². The van der Waals surface area contributed by atoms with E-state index >= 15 is 0 Å². The molecule has 0 aliphatic rings. The van der Waals surface area contributed by atoms with Gasteiger partial charge in [0.1, 0.15) is 16.4 Å². The number of imidazole rings is 1. The number of aromatic nitrogens is 2. The highest BCUT2D eigenvalue weighted by Crippen LogP contribution is 2.30. The second-order valence-electron chi connectivity index (χ2n) is 5.97. The molecule has 0 spiro atoms. The lowest BCUT2D eigenvalue weighted by atomic mass is 10.1. The first kappa shape index (κ1) is 20.6. The molecule has 29 heavy (non-hydrogen) atoms. The zero-order valence-corrected chi connectivity index (χ0v) is 16.8. The van der Waals surface area contributed by atoms with Gasteiger partial charge in [-0.15, -0.1) is 0 Å². The Kier molecular flexibility index (Phi) is 6.04. The number of aromatic carboxylic acids is 1. The average Bonchev–Trinajstić information content (AvgIpc) is 3.19. The lowest BCUT2D eigenvalue weighted by Gasteiger charge is -2.11. The molecule has 2 N–H and O–H groups in total. The summed E-state index contributed by atoms with van der Waals surface area (Å²) in [7, 11) is -3.71. The smallest absolute Gasteiger partial charge is 0.335 e. The largest absolute Gasteiger partial charge is 0.478 e. The van der Waals surface area contributed by atoms with Crippen molar-refractivity contribution < 1.29 is 27.9 Å². The number of hydrogen-bond donors (Lipinski definition) is 2. The Balaban J connectivity index is 1.75. The molecule has 0 saturated carbocycles. The lowest BCUT2D eigenvalue weighted by Crippen LogP contribution is -2.05. The Hall–Kier alpha value is -3.11. The maximum atomic E-state index is 12.3. The fraction of sp³-hybridized carbons (Fsp3) is 0.105. The number of hydrogen-bond acceptors (Lipinski definition) is 7. The number of nitrogens with one attached hydrogen (secondary N) is 1. The normalized spacial score (nSPS) is 11.2. The van der Waals surface area contributed by atoms with E-state index in [2.05, 4.69) is 9.97 Å². The number of carboxylic acids is 1. The van der Waals surface area contributed by atoms with Gasteiger partial charge in [-0.05, 0) is 42.5 Å². The summed E-state index contributed by atoms with van der Waals surface area (Å²) in [5.41, 5.74) is 0.314. The van der Waals surface area contributed by atoms with Crippen molar-refractivity contribution in [3.8, 4) is 11.5 Å². The molecule has 10 heteroatoms. The molecule has 2 aromatic carbocycles. The highest BCUT2D eigenvalue weighted by atomic mass is 32.2. The lowest BCUT2D eigenvalue weighted by molar-refractivity contribution is 0.0696. The molecule has 0 atom stereocenters. The van der Waals surface area contributed by atoms with Crippen LogP contribution >= 0.6 is 11.8 Å². The van der Waals surface area contributed by atoms with Crippen molar-refractivity contribution in [3.63, 3.8) is 0 Å². The zero-order chi connectivity index (χ0) is 21.0. The van der Waals surface area contributed by atoms with Crippen molar-refractivity contribution in [2.24, 2.45) is 0 Å². The van der Waals surface area contributed by atoms with Crippen LogP contribution in [0.2, 0.25) is 0 Å². The van der Waals surface area contributed by atoms with Gasteiger partial charge >= 0.3 is 5.97 Å². The predicted octanol–water partition coefficient (Wildman–Crippen LogP) is 3.28. The van der Waals surface area contributed by atoms with Crippen LogP contribution in [0.5, 0.6) is 11.5 Å². The van der Waals surface area contributed by atoms with Crippen molar-refractivity contribution in [2.45, 2.75) is 10.1 Å². The molecule has 1 heterocycles. The number of carbonyl (C=O) groups excluding carboxylic acids is 1. The zero-order valence-electron chi connectivity index (χ0n) is 15.2. The summed E-state index contributed by atoms with van der Waals surface area (Å²) in [5, 5.41) is 9.72. The minimum atomic E-state index is -3.71. The van der Waals surface area contributed by atoms with E-state index in [0.29, 0.717) is 16.5 Å². The van der Waals surface area contributed by atoms with Crippen molar-refractivity contribution in [3.05, 3.63) is 66.0 Å². The monoisotopic (exact) mass is 432 g/mol. The molecule has 0 aliphatic heterocycles. The standard InChI is InChI=1S/C19H16N2O6S2/c1-29(25,26)17-10-13(18(23)24)4-7-16(17)27-14-5-2-12(3-6-14)15(22)11-28-19-20-8-9-21-19/h2-10H,11H2,1H3,(H,20,21)(H,23,24). The molecule has 0 amide bonds. The van der Waals surface area contributed by atoms with E-state index in [0.717, 1.165) is 12.3 Å². The van der Waals surface area contributed by atoms with Crippen molar-refractivity contribution in [1.82, 2.24) is 9.97 Å². The second-order valence-corrected chi connectivity index (χ2v) is 8.92. The number of sulfone groups is 1. The van der Waals surface area contributed by atoms with Crippen LogP contribution in [0.15, 0.2) is 64.9 Å². The van der Waals surface area contributed by atoms with Gasteiger partial charge < -0.3 is 14.8 Å². The number of benzene rings is 2. The van der Waals surface area contributed by atoms with Crippen molar-refractivity contribution >= 4 is 33.4 Å². The quantitative estimate of drug-likeness (QED) is 0.410. The Morgan fingerprint density at radius 3 is 2.41 bits per heavy atom. The Labute approximate surface area is 170 Å². The highest BCUT2D eigenvalue weighted by Gasteiger charge is 2.18. The average molecular weight is 432 g/mol. The molecule has 0 unspecified atom stereocenters. The van der Waals surface area contributed by atoms with E-state index < -0.39 is 15.8 Å². The van der Waals surface area contributed by atoms with Gasteiger partial charge in [0, 0.05) is 24.2 Å².